The third-order valence-corrected chi connectivity index (χ3v) is 5.81. The lowest BCUT2D eigenvalue weighted by Gasteiger charge is -2.28. The highest BCUT2D eigenvalue weighted by molar-refractivity contribution is 14.0. The molecular formula is C17H29IN4S. The largest absolute Gasteiger partial charge is 0.354 e. The molecule has 2 aliphatic rings. The Morgan fingerprint density at radius 3 is 2.65 bits per heavy atom. The maximum atomic E-state index is 4.41. The summed E-state index contributed by atoms with van der Waals surface area (Å²) in [6.45, 7) is 3.38. The average Bonchev–Trinajstić information content (AvgIpc) is 3.29. The van der Waals surface area contributed by atoms with Crippen LogP contribution in [0.2, 0.25) is 0 Å². The van der Waals surface area contributed by atoms with Crippen molar-refractivity contribution in [3.05, 3.63) is 22.4 Å². The lowest BCUT2D eigenvalue weighted by molar-refractivity contribution is 0.249. The Morgan fingerprint density at radius 2 is 2.04 bits per heavy atom. The molecule has 0 spiro atoms. The van der Waals surface area contributed by atoms with Gasteiger partial charge in [0.1, 0.15) is 0 Å². The summed E-state index contributed by atoms with van der Waals surface area (Å²) in [7, 11) is 1.88. The Hall–Kier alpha value is -0.340. The van der Waals surface area contributed by atoms with Crippen LogP contribution in [0.3, 0.4) is 0 Å². The molecule has 1 unspecified atom stereocenters. The fourth-order valence-corrected chi connectivity index (χ4v) is 4.46. The lowest BCUT2D eigenvalue weighted by atomic mass is 10.2. The Kier molecular flexibility index (Phi) is 8.12. The molecule has 2 N–H and O–H groups in total. The van der Waals surface area contributed by atoms with Gasteiger partial charge in [-0.2, -0.15) is 0 Å². The Labute approximate surface area is 161 Å². The van der Waals surface area contributed by atoms with Crippen molar-refractivity contribution >= 4 is 41.3 Å². The van der Waals surface area contributed by atoms with E-state index in [9.17, 15) is 0 Å². The van der Waals surface area contributed by atoms with Crippen molar-refractivity contribution in [1.29, 1.82) is 0 Å². The minimum Gasteiger partial charge on any atom is -0.354 e. The Balaban J connectivity index is 0.00000192. The highest BCUT2D eigenvalue weighted by Crippen LogP contribution is 2.27. The van der Waals surface area contributed by atoms with E-state index in [1.54, 1.807) is 0 Å². The van der Waals surface area contributed by atoms with E-state index in [0.29, 0.717) is 12.1 Å². The zero-order valence-corrected chi connectivity index (χ0v) is 17.1. The molecule has 1 aromatic rings. The van der Waals surface area contributed by atoms with Crippen molar-refractivity contribution in [2.75, 3.05) is 26.7 Å². The van der Waals surface area contributed by atoms with Crippen LogP contribution in [0.25, 0.3) is 0 Å². The van der Waals surface area contributed by atoms with Gasteiger partial charge in [0, 0.05) is 24.5 Å². The highest BCUT2D eigenvalue weighted by atomic mass is 127. The van der Waals surface area contributed by atoms with Crippen molar-refractivity contribution in [2.24, 2.45) is 4.99 Å². The van der Waals surface area contributed by atoms with Crippen LogP contribution in [0.5, 0.6) is 0 Å². The van der Waals surface area contributed by atoms with Crippen LogP contribution < -0.4 is 10.6 Å². The van der Waals surface area contributed by atoms with Crippen LogP contribution in [0.4, 0.5) is 0 Å². The SMILES string of the molecule is CN=C(NCC(c1cccs1)N1CCCC1)NC1CCCC1.I. The van der Waals surface area contributed by atoms with Crippen molar-refractivity contribution in [2.45, 2.75) is 50.6 Å². The Morgan fingerprint density at radius 1 is 1.30 bits per heavy atom. The maximum Gasteiger partial charge on any atom is 0.191 e. The second-order valence-corrected chi connectivity index (χ2v) is 7.33. The maximum absolute atomic E-state index is 4.41. The molecule has 1 aliphatic carbocycles. The van der Waals surface area contributed by atoms with Gasteiger partial charge >= 0.3 is 0 Å². The van der Waals surface area contributed by atoms with Crippen molar-refractivity contribution < 1.29 is 0 Å². The number of thiophene rings is 1. The summed E-state index contributed by atoms with van der Waals surface area (Å²) < 4.78 is 0. The van der Waals surface area contributed by atoms with Crippen LogP contribution in [-0.2, 0) is 0 Å². The predicted octanol–water partition coefficient (Wildman–Crippen LogP) is 3.61. The van der Waals surface area contributed by atoms with Crippen LogP contribution in [0.15, 0.2) is 22.5 Å². The molecular weight excluding hydrogens is 419 g/mol. The summed E-state index contributed by atoms with van der Waals surface area (Å²) >= 11 is 1.87. The van der Waals surface area contributed by atoms with E-state index in [1.165, 1.54) is 56.5 Å². The van der Waals surface area contributed by atoms with Crippen LogP contribution >= 0.6 is 35.3 Å². The molecule has 1 saturated carbocycles. The molecule has 1 saturated heterocycles. The molecule has 0 bridgehead atoms. The molecule has 2 heterocycles. The van der Waals surface area contributed by atoms with E-state index in [1.807, 2.05) is 18.4 Å². The van der Waals surface area contributed by atoms with Crippen LogP contribution in [0, 0.1) is 0 Å². The van der Waals surface area contributed by atoms with Gasteiger partial charge in [-0.25, -0.2) is 0 Å². The van der Waals surface area contributed by atoms with Gasteiger partial charge in [-0.05, 0) is 50.2 Å². The summed E-state index contributed by atoms with van der Waals surface area (Å²) in [5.41, 5.74) is 0. The van der Waals surface area contributed by atoms with E-state index in [4.69, 9.17) is 0 Å². The van der Waals surface area contributed by atoms with Crippen molar-refractivity contribution in [3.8, 4) is 0 Å². The second-order valence-electron chi connectivity index (χ2n) is 6.35. The summed E-state index contributed by atoms with van der Waals surface area (Å²) in [4.78, 5) is 8.49. The van der Waals surface area contributed by atoms with Gasteiger partial charge in [0.2, 0.25) is 0 Å². The first kappa shape index (κ1) is 19.0. The summed E-state index contributed by atoms with van der Waals surface area (Å²) in [5.74, 6) is 0.965. The number of rotatable bonds is 5. The topological polar surface area (TPSA) is 39.7 Å². The van der Waals surface area contributed by atoms with E-state index in [-0.39, 0.29) is 24.0 Å². The quantitative estimate of drug-likeness (QED) is 0.411. The van der Waals surface area contributed by atoms with Gasteiger partial charge in [-0.15, -0.1) is 35.3 Å². The first-order chi connectivity index (χ1) is 10.9. The normalized spacial score (nSPS) is 21.2. The molecule has 0 aromatic carbocycles. The third-order valence-electron chi connectivity index (χ3n) is 4.84. The van der Waals surface area contributed by atoms with E-state index >= 15 is 0 Å². The zero-order chi connectivity index (χ0) is 15.2. The number of hydrogen-bond acceptors (Lipinski definition) is 3. The summed E-state index contributed by atoms with van der Waals surface area (Å²) in [6, 6.07) is 5.51. The molecule has 1 aromatic heterocycles. The number of hydrogen-bond donors (Lipinski definition) is 2. The molecule has 2 fully saturated rings. The summed E-state index contributed by atoms with van der Waals surface area (Å²) in [5, 5.41) is 9.33. The first-order valence-corrected chi connectivity index (χ1v) is 9.49. The molecule has 1 aliphatic heterocycles. The first-order valence-electron chi connectivity index (χ1n) is 8.61. The molecule has 1 atom stereocenters. The second kappa shape index (κ2) is 9.84. The van der Waals surface area contributed by atoms with E-state index in [0.717, 1.165) is 12.5 Å². The highest BCUT2D eigenvalue weighted by Gasteiger charge is 2.24. The number of nitrogens with zero attached hydrogens (tertiary/aromatic N) is 2. The fraction of sp³-hybridized carbons (Fsp3) is 0.706. The number of likely N-dealkylation sites (tertiary alicyclic amines) is 1. The predicted molar refractivity (Wildman–Crippen MR) is 110 cm³/mol. The molecule has 4 nitrogen and oxygen atoms in total. The van der Waals surface area contributed by atoms with Gasteiger partial charge in [0.25, 0.3) is 0 Å². The minimum atomic E-state index is 0. The van der Waals surface area contributed by atoms with E-state index in [2.05, 4.69) is 38.0 Å². The van der Waals surface area contributed by atoms with Crippen molar-refractivity contribution in [1.82, 2.24) is 15.5 Å². The third kappa shape index (κ3) is 5.32. The van der Waals surface area contributed by atoms with Gasteiger partial charge in [-0.3, -0.25) is 9.89 Å². The molecule has 130 valence electrons. The molecule has 0 radical (unpaired) electrons. The fourth-order valence-electron chi connectivity index (χ4n) is 3.60. The molecule has 23 heavy (non-hydrogen) atoms. The zero-order valence-electron chi connectivity index (χ0n) is 14.0. The van der Waals surface area contributed by atoms with E-state index < -0.39 is 0 Å². The van der Waals surface area contributed by atoms with Gasteiger partial charge in [0.05, 0.1) is 6.04 Å². The van der Waals surface area contributed by atoms with Gasteiger partial charge in [0.15, 0.2) is 5.96 Å². The monoisotopic (exact) mass is 448 g/mol. The number of halogens is 1. The van der Waals surface area contributed by atoms with Crippen molar-refractivity contribution in [3.63, 3.8) is 0 Å². The number of nitrogens with one attached hydrogen (secondary N) is 2. The van der Waals surface area contributed by atoms with Crippen LogP contribution in [-0.4, -0.2) is 43.6 Å². The summed E-state index contributed by atoms with van der Waals surface area (Å²) in [6.07, 6.45) is 7.91. The molecule has 3 rings (SSSR count). The number of guanidine groups is 1. The molecule has 0 amide bonds. The number of aliphatic imine (C=N–C) groups is 1. The Bertz CT molecular complexity index is 465. The minimum absolute atomic E-state index is 0. The lowest BCUT2D eigenvalue weighted by Crippen LogP contribution is -2.45. The average molecular weight is 448 g/mol. The standard InChI is InChI=1S/C17H28N4S.HI/c1-18-17(20-14-7-2-3-8-14)19-13-15(16-9-6-12-22-16)21-10-4-5-11-21;/h6,9,12,14-15H,2-5,7-8,10-11,13H2,1H3,(H2,18,19,20);1H. The smallest absolute Gasteiger partial charge is 0.191 e. The van der Waals surface area contributed by atoms with Gasteiger partial charge < -0.3 is 10.6 Å². The molecule has 6 heteroatoms. The van der Waals surface area contributed by atoms with Crippen LogP contribution in [0.1, 0.15) is 49.4 Å². The van der Waals surface area contributed by atoms with Gasteiger partial charge in [-0.1, -0.05) is 18.9 Å².